The van der Waals surface area contributed by atoms with Gasteiger partial charge in [-0.05, 0) is 34.7 Å². The number of aliphatic hydroxyl groups is 1. The minimum absolute atomic E-state index is 0.0225. The van der Waals surface area contributed by atoms with Gasteiger partial charge in [-0.3, -0.25) is 0 Å². The molecule has 0 saturated carbocycles. The van der Waals surface area contributed by atoms with Crippen molar-refractivity contribution in [3.8, 4) is 0 Å². The Morgan fingerprint density at radius 2 is 0.776 bits per heavy atom. The van der Waals surface area contributed by atoms with E-state index in [0.717, 1.165) is 27.8 Å². The Morgan fingerprint density at radius 1 is 0.414 bits per heavy atom. The molecule has 10 heteroatoms. The molecule has 5 aromatic carbocycles. The SMILES string of the molecule is CO[C@@H]1O[C@H](CO[C@H]2O[C@@H](C)[C@H](OCc3ccccc3)[C@@H](OCc3ccccc3)[C@H]2O)[C@H](OCc2ccccc2)[C@H](OCc2ccccc2)[C@H]1OCc1ccccc1. The van der Waals surface area contributed by atoms with E-state index < -0.39 is 61.4 Å². The van der Waals surface area contributed by atoms with Crippen LogP contribution < -0.4 is 0 Å². The van der Waals surface area contributed by atoms with Crippen LogP contribution in [0.5, 0.6) is 0 Å². The first-order valence-electron chi connectivity index (χ1n) is 20.0. The van der Waals surface area contributed by atoms with Crippen LogP contribution in [0.2, 0.25) is 0 Å². The van der Waals surface area contributed by atoms with Crippen LogP contribution in [-0.2, 0) is 75.7 Å². The third kappa shape index (κ3) is 11.5. The first-order chi connectivity index (χ1) is 28.6. The molecule has 0 unspecified atom stereocenters. The monoisotopic (exact) mass is 790 g/mol. The second-order valence-electron chi connectivity index (χ2n) is 14.6. The second kappa shape index (κ2) is 21.6. The van der Waals surface area contributed by atoms with E-state index in [0.29, 0.717) is 19.8 Å². The molecule has 2 aliphatic rings. The molecule has 0 bridgehead atoms. The summed E-state index contributed by atoms with van der Waals surface area (Å²) in [5.74, 6) is 0. The Balaban J connectivity index is 1.12. The van der Waals surface area contributed by atoms with Gasteiger partial charge in [-0.2, -0.15) is 0 Å². The Bertz CT molecular complexity index is 1870. The van der Waals surface area contributed by atoms with Crippen molar-refractivity contribution in [2.24, 2.45) is 0 Å². The summed E-state index contributed by atoms with van der Waals surface area (Å²) in [6.45, 7) is 3.39. The molecule has 2 saturated heterocycles. The molecule has 0 radical (unpaired) electrons. The number of methoxy groups -OCH3 is 1. The minimum atomic E-state index is -1.20. The maximum Gasteiger partial charge on any atom is 0.186 e. The van der Waals surface area contributed by atoms with Crippen molar-refractivity contribution in [2.45, 2.75) is 101 Å². The summed E-state index contributed by atoms with van der Waals surface area (Å²) in [6.07, 6.45) is -7.63. The van der Waals surface area contributed by atoms with Gasteiger partial charge in [-0.1, -0.05) is 152 Å². The topological polar surface area (TPSA) is 103 Å². The van der Waals surface area contributed by atoms with Gasteiger partial charge in [-0.25, -0.2) is 0 Å². The van der Waals surface area contributed by atoms with Crippen molar-refractivity contribution < 1.29 is 47.7 Å². The van der Waals surface area contributed by atoms with Crippen LogP contribution in [0, 0.1) is 0 Å². The van der Waals surface area contributed by atoms with E-state index in [2.05, 4.69) is 0 Å². The molecule has 2 aliphatic heterocycles. The summed E-state index contributed by atoms with van der Waals surface area (Å²) in [5.41, 5.74) is 4.96. The summed E-state index contributed by atoms with van der Waals surface area (Å²) in [4.78, 5) is 0. The van der Waals surface area contributed by atoms with Gasteiger partial charge >= 0.3 is 0 Å². The summed E-state index contributed by atoms with van der Waals surface area (Å²) in [7, 11) is 1.58. The fraction of sp³-hybridized carbons (Fsp3) is 0.375. The number of hydrogen-bond donors (Lipinski definition) is 1. The van der Waals surface area contributed by atoms with Gasteiger partial charge in [0.25, 0.3) is 0 Å². The van der Waals surface area contributed by atoms with Crippen LogP contribution in [0.4, 0.5) is 0 Å². The normalized spacial score (nSPS) is 27.3. The van der Waals surface area contributed by atoms with Gasteiger partial charge in [0, 0.05) is 7.11 Å². The summed E-state index contributed by atoms with van der Waals surface area (Å²) >= 11 is 0. The molecule has 10 atom stereocenters. The molecule has 10 nitrogen and oxygen atoms in total. The zero-order valence-electron chi connectivity index (χ0n) is 33.1. The van der Waals surface area contributed by atoms with E-state index in [4.69, 9.17) is 42.6 Å². The van der Waals surface area contributed by atoms with Crippen LogP contribution in [0.25, 0.3) is 0 Å². The third-order valence-electron chi connectivity index (χ3n) is 10.4. The van der Waals surface area contributed by atoms with Gasteiger partial charge in [-0.15, -0.1) is 0 Å². The standard InChI is InChI=1S/C48H54O10/c1-34-42(51-28-35-18-8-3-9-19-35)44(53-30-37-22-12-5-13-23-37)41(49)47(57-34)56-33-40-43(52-29-36-20-10-4-11-21-36)45(54-31-38-24-14-6-15-25-38)46(48(50-2)58-40)55-32-39-26-16-7-17-27-39/h3-27,34,40-49H,28-33H2,1-2H3/t34-,40+,41+,42-,43-,44-,45-,46+,47-,48+/m0/s1. The van der Waals surface area contributed by atoms with Crippen molar-refractivity contribution in [1.82, 2.24) is 0 Å². The number of hydrogen-bond acceptors (Lipinski definition) is 10. The van der Waals surface area contributed by atoms with Crippen LogP contribution in [-0.4, -0.2) is 80.2 Å². The second-order valence-corrected chi connectivity index (χ2v) is 14.6. The quantitative estimate of drug-likeness (QED) is 0.0911. The molecule has 0 aliphatic carbocycles. The van der Waals surface area contributed by atoms with Crippen molar-refractivity contribution in [3.05, 3.63) is 179 Å². The Kier molecular flexibility index (Phi) is 15.6. The molecule has 7 rings (SSSR count). The first-order valence-corrected chi connectivity index (χ1v) is 20.0. The van der Waals surface area contributed by atoms with Crippen LogP contribution >= 0.6 is 0 Å². The molecule has 5 aromatic rings. The van der Waals surface area contributed by atoms with E-state index >= 15 is 0 Å². The Morgan fingerprint density at radius 3 is 1.19 bits per heavy atom. The number of rotatable bonds is 19. The molecule has 0 spiro atoms. The van der Waals surface area contributed by atoms with Crippen LogP contribution in [0.1, 0.15) is 34.7 Å². The molecule has 2 heterocycles. The third-order valence-corrected chi connectivity index (χ3v) is 10.4. The molecular formula is C48H54O10. The molecule has 306 valence electrons. The Hall–Kier alpha value is -4.30. The lowest BCUT2D eigenvalue weighted by Gasteiger charge is -2.47. The highest BCUT2D eigenvalue weighted by molar-refractivity contribution is 5.17. The van der Waals surface area contributed by atoms with Crippen molar-refractivity contribution in [3.63, 3.8) is 0 Å². The Labute approximate surface area is 341 Å². The predicted molar refractivity (Wildman–Crippen MR) is 217 cm³/mol. The minimum Gasteiger partial charge on any atom is -0.385 e. The smallest absolute Gasteiger partial charge is 0.186 e. The number of benzene rings is 5. The maximum absolute atomic E-state index is 11.9. The van der Waals surface area contributed by atoms with E-state index in [1.807, 2.05) is 159 Å². The zero-order chi connectivity index (χ0) is 39.9. The van der Waals surface area contributed by atoms with Crippen molar-refractivity contribution >= 4 is 0 Å². The highest BCUT2D eigenvalue weighted by atomic mass is 16.7. The average molecular weight is 791 g/mol. The van der Waals surface area contributed by atoms with Crippen molar-refractivity contribution in [1.29, 1.82) is 0 Å². The summed E-state index contributed by atoms with van der Waals surface area (Å²) < 4.78 is 58.4. The predicted octanol–water partition coefficient (Wildman–Crippen LogP) is 7.41. The van der Waals surface area contributed by atoms with E-state index in [1.54, 1.807) is 7.11 Å². The fourth-order valence-corrected chi connectivity index (χ4v) is 7.34. The molecule has 58 heavy (non-hydrogen) atoms. The highest BCUT2D eigenvalue weighted by Gasteiger charge is 2.51. The maximum atomic E-state index is 11.9. The summed E-state index contributed by atoms with van der Waals surface area (Å²) in [6, 6.07) is 49.6. The lowest BCUT2D eigenvalue weighted by Crippen LogP contribution is -2.63. The van der Waals surface area contributed by atoms with Gasteiger partial charge < -0.3 is 47.7 Å². The molecule has 0 aromatic heterocycles. The van der Waals surface area contributed by atoms with Crippen LogP contribution in [0.3, 0.4) is 0 Å². The lowest BCUT2D eigenvalue weighted by atomic mass is 9.97. The first kappa shape index (κ1) is 41.8. The van der Waals surface area contributed by atoms with E-state index in [9.17, 15) is 5.11 Å². The lowest BCUT2D eigenvalue weighted by molar-refractivity contribution is -0.343. The van der Waals surface area contributed by atoms with Crippen molar-refractivity contribution in [2.75, 3.05) is 13.7 Å². The van der Waals surface area contributed by atoms with Gasteiger partial charge in [0.15, 0.2) is 12.6 Å². The van der Waals surface area contributed by atoms with Gasteiger partial charge in [0.2, 0.25) is 0 Å². The van der Waals surface area contributed by atoms with Gasteiger partial charge in [0.1, 0.15) is 42.7 Å². The zero-order valence-corrected chi connectivity index (χ0v) is 33.1. The molecule has 0 amide bonds. The summed E-state index contributed by atoms with van der Waals surface area (Å²) in [5, 5.41) is 11.9. The van der Waals surface area contributed by atoms with Crippen LogP contribution in [0.15, 0.2) is 152 Å². The number of aliphatic hydroxyl groups excluding tert-OH is 1. The van der Waals surface area contributed by atoms with Gasteiger partial charge in [0.05, 0.1) is 45.7 Å². The molecular weight excluding hydrogens is 737 g/mol. The van der Waals surface area contributed by atoms with E-state index in [-0.39, 0.29) is 19.8 Å². The number of ether oxygens (including phenoxy) is 9. The molecule has 1 N–H and O–H groups in total. The highest BCUT2D eigenvalue weighted by Crippen LogP contribution is 2.33. The largest absolute Gasteiger partial charge is 0.385 e. The molecule has 2 fully saturated rings. The average Bonchev–Trinajstić information content (AvgIpc) is 3.28. The van der Waals surface area contributed by atoms with E-state index in [1.165, 1.54) is 0 Å². The fourth-order valence-electron chi connectivity index (χ4n) is 7.34.